The first kappa shape index (κ1) is 14.8. The van der Waals surface area contributed by atoms with Crippen molar-refractivity contribution in [2.75, 3.05) is 13.2 Å². The summed E-state index contributed by atoms with van der Waals surface area (Å²) in [7, 11) is -3.90. The highest BCUT2D eigenvalue weighted by molar-refractivity contribution is 7.91. The summed E-state index contributed by atoms with van der Waals surface area (Å²) in [6.45, 7) is 0.821. The zero-order valence-electron chi connectivity index (χ0n) is 12.5. The number of aromatic nitrogens is 1. The molecule has 0 saturated carbocycles. The third kappa shape index (κ3) is 2.25. The minimum atomic E-state index is -3.90. The molecule has 1 aliphatic rings. The Kier molecular flexibility index (Phi) is 3.31. The molecule has 0 aliphatic carbocycles. The molecule has 0 unspecified atom stereocenters. The summed E-state index contributed by atoms with van der Waals surface area (Å²) in [6.07, 6.45) is 1.23. The first-order valence-corrected chi connectivity index (χ1v) is 8.81. The fourth-order valence-electron chi connectivity index (χ4n) is 2.66. The Morgan fingerprint density at radius 3 is 2.33 bits per heavy atom. The molecule has 24 heavy (non-hydrogen) atoms. The summed E-state index contributed by atoms with van der Waals surface area (Å²) < 4.78 is 36.4. The molecule has 1 aromatic heterocycles. The fourth-order valence-corrected chi connectivity index (χ4v) is 4.00. The number of fused-ring (bicyclic) bond motifs is 2. The molecule has 0 atom stereocenters. The largest absolute Gasteiger partial charge is 0.486 e. The number of hydrogen-bond donors (Lipinski definition) is 1. The number of sulfone groups is 1. The topological polar surface area (TPSA) is 85.5 Å². The van der Waals surface area contributed by atoms with Crippen LogP contribution in [0.1, 0.15) is 0 Å². The molecule has 0 amide bonds. The zero-order chi connectivity index (χ0) is 16.7. The van der Waals surface area contributed by atoms with Crippen molar-refractivity contribution in [3.63, 3.8) is 0 Å². The van der Waals surface area contributed by atoms with Gasteiger partial charge in [0.15, 0.2) is 11.5 Å². The van der Waals surface area contributed by atoms with Crippen LogP contribution in [0.3, 0.4) is 0 Å². The third-order valence-corrected chi connectivity index (χ3v) is 5.63. The first-order valence-electron chi connectivity index (χ1n) is 7.32. The Balaban J connectivity index is 1.95. The molecule has 2 aromatic carbocycles. The van der Waals surface area contributed by atoms with Crippen LogP contribution in [-0.4, -0.2) is 26.6 Å². The molecule has 1 aliphatic heterocycles. The standard InChI is InChI=1S/C17H13NO5S/c19-17-12-8-14-15(23-7-6-22-14)9-13(12)18-10-16(17)24(20,21)11-4-2-1-3-5-11/h1-5,8-10H,6-7H2,(H,18,19). The molecule has 0 saturated heterocycles. The van der Waals surface area contributed by atoms with Crippen molar-refractivity contribution >= 4 is 20.7 Å². The Labute approximate surface area is 137 Å². The van der Waals surface area contributed by atoms with Gasteiger partial charge in [-0.3, -0.25) is 4.79 Å². The molecule has 0 radical (unpaired) electrons. The normalized spacial score (nSPS) is 13.8. The van der Waals surface area contributed by atoms with Gasteiger partial charge in [-0.15, -0.1) is 0 Å². The molecule has 0 bridgehead atoms. The van der Waals surface area contributed by atoms with Gasteiger partial charge in [-0.25, -0.2) is 8.42 Å². The second-order valence-electron chi connectivity index (χ2n) is 5.34. The van der Waals surface area contributed by atoms with Gasteiger partial charge in [0.2, 0.25) is 15.3 Å². The van der Waals surface area contributed by atoms with Crippen molar-refractivity contribution in [2.24, 2.45) is 0 Å². The van der Waals surface area contributed by atoms with E-state index in [9.17, 15) is 13.2 Å². The van der Waals surface area contributed by atoms with Crippen LogP contribution in [0, 0.1) is 0 Å². The maximum Gasteiger partial charge on any atom is 0.211 e. The molecule has 0 spiro atoms. The number of H-pyrrole nitrogens is 1. The van der Waals surface area contributed by atoms with Gasteiger partial charge in [0.25, 0.3) is 0 Å². The van der Waals surface area contributed by atoms with Gasteiger partial charge < -0.3 is 14.5 Å². The van der Waals surface area contributed by atoms with Gasteiger partial charge in [-0.2, -0.15) is 0 Å². The second-order valence-corrected chi connectivity index (χ2v) is 7.26. The van der Waals surface area contributed by atoms with E-state index in [1.807, 2.05) is 0 Å². The lowest BCUT2D eigenvalue weighted by Gasteiger charge is -2.18. The van der Waals surface area contributed by atoms with Gasteiger partial charge in [-0.1, -0.05) is 18.2 Å². The fraction of sp³-hybridized carbons (Fsp3) is 0.118. The number of hydrogen-bond acceptors (Lipinski definition) is 5. The maximum atomic E-state index is 12.7. The van der Waals surface area contributed by atoms with E-state index < -0.39 is 15.3 Å². The van der Waals surface area contributed by atoms with E-state index in [0.717, 1.165) is 0 Å². The van der Waals surface area contributed by atoms with Crippen LogP contribution in [0.25, 0.3) is 10.9 Å². The van der Waals surface area contributed by atoms with Gasteiger partial charge in [0, 0.05) is 12.3 Å². The lowest BCUT2D eigenvalue weighted by molar-refractivity contribution is 0.172. The number of rotatable bonds is 2. The van der Waals surface area contributed by atoms with Crippen molar-refractivity contribution in [1.29, 1.82) is 0 Å². The van der Waals surface area contributed by atoms with Crippen molar-refractivity contribution in [2.45, 2.75) is 9.79 Å². The Morgan fingerprint density at radius 2 is 1.62 bits per heavy atom. The van der Waals surface area contributed by atoms with Gasteiger partial charge in [-0.05, 0) is 18.2 Å². The van der Waals surface area contributed by atoms with Crippen molar-refractivity contribution in [3.05, 3.63) is 58.9 Å². The predicted molar refractivity (Wildman–Crippen MR) is 87.5 cm³/mol. The zero-order valence-corrected chi connectivity index (χ0v) is 13.3. The predicted octanol–water partition coefficient (Wildman–Crippen LogP) is 2.13. The first-order chi connectivity index (χ1) is 11.6. The molecule has 1 N–H and O–H groups in total. The van der Waals surface area contributed by atoms with E-state index in [1.54, 1.807) is 24.3 Å². The molecule has 4 rings (SSSR count). The van der Waals surface area contributed by atoms with Gasteiger partial charge in [0.1, 0.15) is 18.1 Å². The molecule has 2 heterocycles. The lowest BCUT2D eigenvalue weighted by atomic mass is 10.2. The monoisotopic (exact) mass is 343 g/mol. The maximum absolute atomic E-state index is 12.7. The molecule has 7 heteroatoms. The summed E-state index contributed by atoms with van der Waals surface area (Å²) in [4.78, 5) is 15.4. The Hall–Kier alpha value is -2.80. The Bertz CT molecular complexity index is 1090. The van der Waals surface area contributed by atoms with Crippen molar-refractivity contribution in [1.82, 2.24) is 4.98 Å². The number of pyridine rings is 1. The summed E-state index contributed by atoms with van der Waals surface area (Å²) in [5.41, 5.74) is -0.0687. The summed E-state index contributed by atoms with van der Waals surface area (Å²) in [5, 5.41) is 0.247. The van der Waals surface area contributed by atoms with Crippen LogP contribution >= 0.6 is 0 Å². The molecule has 0 fully saturated rings. The quantitative estimate of drug-likeness (QED) is 0.770. The third-order valence-electron chi connectivity index (χ3n) is 3.85. The number of nitrogens with one attached hydrogen (secondary N) is 1. The minimum Gasteiger partial charge on any atom is -0.486 e. The Morgan fingerprint density at radius 1 is 0.958 bits per heavy atom. The highest BCUT2D eigenvalue weighted by atomic mass is 32.2. The second kappa shape index (κ2) is 5.38. The highest BCUT2D eigenvalue weighted by Crippen LogP contribution is 2.33. The van der Waals surface area contributed by atoms with Crippen molar-refractivity contribution in [3.8, 4) is 11.5 Å². The van der Waals surface area contributed by atoms with E-state index >= 15 is 0 Å². The summed E-state index contributed by atoms with van der Waals surface area (Å²) in [6, 6.07) is 11.0. The average molecular weight is 343 g/mol. The molecule has 3 aromatic rings. The van der Waals surface area contributed by atoms with E-state index in [2.05, 4.69) is 4.98 Å². The number of ether oxygens (including phenoxy) is 2. The number of benzene rings is 2. The van der Waals surface area contributed by atoms with Crippen LogP contribution in [0.2, 0.25) is 0 Å². The summed E-state index contributed by atoms with van der Waals surface area (Å²) in [5.74, 6) is 0.969. The molecular weight excluding hydrogens is 330 g/mol. The van der Waals surface area contributed by atoms with Gasteiger partial charge >= 0.3 is 0 Å². The minimum absolute atomic E-state index is 0.0763. The van der Waals surface area contributed by atoms with Crippen LogP contribution < -0.4 is 14.9 Å². The lowest BCUT2D eigenvalue weighted by Crippen LogP contribution is -2.18. The molecule has 122 valence electrons. The van der Waals surface area contributed by atoms with Crippen molar-refractivity contribution < 1.29 is 17.9 Å². The van der Waals surface area contributed by atoms with E-state index in [4.69, 9.17) is 9.47 Å². The average Bonchev–Trinajstić information content (AvgIpc) is 2.61. The summed E-state index contributed by atoms with van der Waals surface area (Å²) >= 11 is 0. The van der Waals surface area contributed by atoms with Gasteiger partial charge in [0.05, 0.1) is 15.8 Å². The molecular formula is C17H13NO5S. The SMILES string of the molecule is O=c1c(S(=O)(=O)c2ccccc2)c[nH]c2cc3c(cc12)OCCO3. The van der Waals surface area contributed by atoms with Crippen LogP contribution in [0.4, 0.5) is 0 Å². The number of aromatic amines is 1. The van der Waals surface area contributed by atoms with Crippen LogP contribution in [-0.2, 0) is 9.84 Å². The smallest absolute Gasteiger partial charge is 0.211 e. The van der Waals surface area contributed by atoms with E-state index in [-0.39, 0.29) is 15.2 Å². The van der Waals surface area contributed by atoms with E-state index in [0.29, 0.717) is 30.2 Å². The van der Waals surface area contributed by atoms with Crippen LogP contribution in [0.15, 0.2) is 63.2 Å². The molecule has 6 nitrogen and oxygen atoms in total. The van der Waals surface area contributed by atoms with E-state index in [1.165, 1.54) is 24.4 Å². The van der Waals surface area contributed by atoms with Crippen LogP contribution in [0.5, 0.6) is 11.5 Å². The highest BCUT2D eigenvalue weighted by Gasteiger charge is 2.23.